The molecule has 0 radical (unpaired) electrons. The highest BCUT2D eigenvalue weighted by Gasteiger charge is 2.02. The average Bonchev–Trinajstić information content (AvgIpc) is 2.03. The van der Waals surface area contributed by atoms with Gasteiger partial charge < -0.3 is 5.11 Å². The summed E-state index contributed by atoms with van der Waals surface area (Å²) in [5, 5.41) is 8.69. The van der Waals surface area contributed by atoms with E-state index in [2.05, 4.69) is 6.58 Å². The minimum absolute atomic E-state index is 0.310. The van der Waals surface area contributed by atoms with E-state index in [-0.39, 0.29) is 0 Å². The Morgan fingerprint density at radius 1 is 1.50 bits per heavy atom. The van der Waals surface area contributed by atoms with Crippen molar-refractivity contribution in [2.75, 3.05) is 0 Å². The first-order valence-corrected chi connectivity index (χ1v) is 3.61. The first-order chi connectivity index (χ1) is 5.63. The molecule has 0 saturated heterocycles. The van der Waals surface area contributed by atoms with Crippen LogP contribution in [0, 0.1) is 6.92 Å². The summed E-state index contributed by atoms with van der Waals surface area (Å²) in [7, 11) is 0. The zero-order chi connectivity index (χ0) is 9.14. The Morgan fingerprint density at radius 3 is 2.67 bits per heavy atom. The van der Waals surface area contributed by atoms with E-state index in [4.69, 9.17) is 5.11 Å². The molecule has 0 atom stereocenters. The Morgan fingerprint density at radius 2 is 2.17 bits per heavy atom. The summed E-state index contributed by atoms with van der Waals surface area (Å²) < 4.78 is 0. The molecule has 0 aliphatic rings. The van der Waals surface area contributed by atoms with Crippen molar-refractivity contribution in [2.24, 2.45) is 0 Å². The van der Waals surface area contributed by atoms with Crippen LogP contribution in [0.2, 0.25) is 0 Å². The van der Waals surface area contributed by atoms with Crippen molar-refractivity contribution in [3.63, 3.8) is 0 Å². The minimum Gasteiger partial charge on any atom is -0.478 e. The predicted molar refractivity (Wildman–Crippen MR) is 48.2 cm³/mol. The van der Waals surface area contributed by atoms with Crippen molar-refractivity contribution in [1.82, 2.24) is 0 Å². The van der Waals surface area contributed by atoms with E-state index in [1.54, 1.807) is 18.2 Å². The molecule has 0 unspecified atom stereocenters. The predicted octanol–water partition coefficient (Wildman–Crippen LogP) is 2.34. The van der Waals surface area contributed by atoms with Crippen molar-refractivity contribution >= 4 is 12.0 Å². The molecule has 62 valence electrons. The molecule has 12 heavy (non-hydrogen) atoms. The van der Waals surface area contributed by atoms with Gasteiger partial charge in [-0.3, -0.25) is 0 Å². The van der Waals surface area contributed by atoms with Crippen LogP contribution in [0.5, 0.6) is 0 Å². The number of benzene rings is 1. The summed E-state index contributed by atoms with van der Waals surface area (Å²) in [6.07, 6.45) is 1.64. The fourth-order valence-corrected chi connectivity index (χ4v) is 1.05. The molecule has 1 aromatic carbocycles. The van der Waals surface area contributed by atoms with Crippen LogP contribution < -0.4 is 0 Å². The first-order valence-electron chi connectivity index (χ1n) is 3.61. The zero-order valence-corrected chi connectivity index (χ0v) is 6.87. The Hall–Kier alpha value is -1.57. The van der Waals surface area contributed by atoms with Gasteiger partial charge in [0.1, 0.15) is 0 Å². The van der Waals surface area contributed by atoms with Gasteiger partial charge in [-0.1, -0.05) is 18.7 Å². The number of aromatic carboxylic acids is 1. The maximum atomic E-state index is 10.6. The second-order valence-corrected chi connectivity index (χ2v) is 2.64. The second-order valence-electron chi connectivity index (χ2n) is 2.64. The Balaban J connectivity index is 3.23. The first kappa shape index (κ1) is 8.53. The molecule has 0 fully saturated rings. The van der Waals surface area contributed by atoms with E-state index < -0.39 is 5.97 Å². The van der Waals surface area contributed by atoms with Crippen LogP contribution in [0.3, 0.4) is 0 Å². The average molecular weight is 162 g/mol. The monoisotopic (exact) mass is 162 g/mol. The highest BCUT2D eigenvalue weighted by Crippen LogP contribution is 2.10. The van der Waals surface area contributed by atoms with E-state index in [1.165, 1.54) is 0 Å². The van der Waals surface area contributed by atoms with Gasteiger partial charge in [-0.25, -0.2) is 4.79 Å². The molecule has 0 aromatic heterocycles. The molecule has 0 aliphatic carbocycles. The van der Waals surface area contributed by atoms with Gasteiger partial charge in [0.05, 0.1) is 5.56 Å². The van der Waals surface area contributed by atoms with E-state index in [0.717, 1.165) is 11.1 Å². The fourth-order valence-electron chi connectivity index (χ4n) is 1.05. The highest BCUT2D eigenvalue weighted by molar-refractivity contribution is 5.88. The van der Waals surface area contributed by atoms with Gasteiger partial charge in [0.15, 0.2) is 0 Å². The van der Waals surface area contributed by atoms with Gasteiger partial charge in [0, 0.05) is 0 Å². The van der Waals surface area contributed by atoms with Crippen molar-refractivity contribution in [3.05, 3.63) is 41.5 Å². The third-order valence-electron chi connectivity index (χ3n) is 1.58. The molecule has 1 N–H and O–H groups in total. The molecular formula is C10H10O2. The van der Waals surface area contributed by atoms with Crippen LogP contribution in [-0.4, -0.2) is 11.1 Å². The molecule has 1 rings (SSSR count). The largest absolute Gasteiger partial charge is 0.478 e. The third kappa shape index (κ3) is 1.72. The van der Waals surface area contributed by atoms with Crippen molar-refractivity contribution in [3.8, 4) is 0 Å². The molecule has 1 aromatic rings. The number of hydrogen-bond acceptors (Lipinski definition) is 1. The number of carboxylic acids is 1. The molecule has 2 nitrogen and oxygen atoms in total. The zero-order valence-electron chi connectivity index (χ0n) is 6.87. The number of carboxylic acid groups (broad SMARTS) is 1. The van der Waals surface area contributed by atoms with E-state index >= 15 is 0 Å². The standard InChI is InChI=1S/C10H10O2/c1-3-8-4-7(2)5-9(6-8)10(11)12/h3-6H,1H2,2H3,(H,11,12). The summed E-state index contributed by atoms with van der Waals surface area (Å²) in [6, 6.07) is 5.12. The van der Waals surface area contributed by atoms with Crippen molar-refractivity contribution < 1.29 is 9.90 Å². The molecule has 0 bridgehead atoms. The second kappa shape index (κ2) is 3.22. The smallest absolute Gasteiger partial charge is 0.335 e. The molecule has 2 heteroatoms. The van der Waals surface area contributed by atoms with Crippen molar-refractivity contribution in [2.45, 2.75) is 6.92 Å². The number of hydrogen-bond donors (Lipinski definition) is 1. The maximum absolute atomic E-state index is 10.6. The lowest BCUT2D eigenvalue weighted by Gasteiger charge is -1.99. The normalized spacial score (nSPS) is 9.42. The van der Waals surface area contributed by atoms with Gasteiger partial charge in [-0.05, 0) is 30.2 Å². The summed E-state index contributed by atoms with van der Waals surface area (Å²) in [6.45, 7) is 5.44. The molecule has 0 amide bonds. The Labute approximate surface area is 71.2 Å². The van der Waals surface area contributed by atoms with Crippen LogP contribution in [0.15, 0.2) is 24.8 Å². The van der Waals surface area contributed by atoms with Crippen LogP contribution in [0.4, 0.5) is 0 Å². The molecular weight excluding hydrogens is 152 g/mol. The van der Waals surface area contributed by atoms with Gasteiger partial charge >= 0.3 is 5.97 Å². The highest BCUT2D eigenvalue weighted by atomic mass is 16.4. The van der Waals surface area contributed by atoms with Gasteiger partial charge in [-0.15, -0.1) is 0 Å². The van der Waals surface area contributed by atoms with E-state index in [0.29, 0.717) is 5.56 Å². The van der Waals surface area contributed by atoms with Gasteiger partial charge in [0.25, 0.3) is 0 Å². The quantitative estimate of drug-likeness (QED) is 0.724. The number of carbonyl (C=O) groups is 1. The lowest BCUT2D eigenvalue weighted by molar-refractivity contribution is 0.0697. The van der Waals surface area contributed by atoms with E-state index in [1.807, 2.05) is 13.0 Å². The number of rotatable bonds is 2. The summed E-state index contributed by atoms with van der Waals surface area (Å²) in [5.41, 5.74) is 2.09. The molecule has 0 spiro atoms. The van der Waals surface area contributed by atoms with Crippen molar-refractivity contribution in [1.29, 1.82) is 0 Å². The molecule has 0 saturated carbocycles. The van der Waals surface area contributed by atoms with Gasteiger partial charge in [-0.2, -0.15) is 0 Å². The molecule has 0 aliphatic heterocycles. The van der Waals surface area contributed by atoms with Crippen LogP contribution in [0.1, 0.15) is 21.5 Å². The lowest BCUT2D eigenvalue weighted by atomic mass is 10.1. The van der Waals surface area contributed by atoms with Crippen LogP contribution in [-0.2, 0) is 0 Å². The fraction of sp³-hybridized carbons (Fsp3) is 0.100. The summed E-state index contributed by atoms with van der Waals surface area (Å²) in [4.78, 5) is 10.6. The van der Waals surface area contributed by atoms with Crippen LogP contribution in [0.25, 0.3) is 6.08 Å². The SMILES string of the molecule is C=Cc1cc(C)cc(C(=O)O)c1. The van der Waals surface area contributed by atoms with E-state index in [9.17, 15) is 4.79 Å². The summed E-state index contributed by atoms with van der Waals surface area (Å²) in [5.74, 6) is -0.901. The Bertz CT molecular complexity index is 327. The minimum atomic E-state index is -0.901. The van der Waals surface area contributed by atoms with Crippen LogP contribution >= 0.6 is 0 Å². The van der Waals surface area contributed by atoms with Gasteiger partial charge in [0.2, 0.25) is 0 Å². The Kier molecular flexibility index (Phi) is 2.29. The topological polar surface area (TPSA) is 37.3 Å². The summed E-state index contributed by atoms with van der Waals surface area (Å²) >= 11 is 0. The molecule has 0 heterocycles. The lowest BCUT2D eigenvalue weighted by Crippen LogP contribution is -1.96. The number of aryl methyl sites for hydroxylation is 1. The third-order valence-corrected chi connectivity index (χ3v) is 1.58. The maximum Gasteiger partial charge on any atom is 0.335 e.